The van der Waals surface area contributed by atoms with Crippen LogP contribution in [0.15, 0.2) is 12.5 Å². The van der Waals surface area contributed by atoms with Gasteiger partial charge in [0.25, 0.3) is 5.91 Å². The number of rotatable bonds is 3. The van der Waals surface area contributed by atoms with Crippen LogP contribution in [0.1, 0.15) is 23.0 Å². The molecule has 9 nitrogen and oxygen atoms in total. The van der Waals surface area contributed by atoms with Gasteiger partial charge >= 0.3 is 0 Å². The van der Waals surface area contributed by atoms with Crippen LogP contribution < -0.4 is 11.5 Å². The first-order chi connectivity index (χ1) is 10.0. The lowest BCUT2D eigenvalue weighted by molar-refractivity contribution is -0.0484. The van der Waals surface area contributed by atoms with Gasteiger partial charge in [-0.1, -0.05) is 0 Å². The average molecular weight is 293 g/mol. The molecule has 3 heterocycles. The number of aliphatic hydroxyl groups excluding tert-OH is 2. The second-order valence-corrected chi connectivity index (χ2v) is 4.91. The van der Waals surface area contributed by atoms with E-state index in [2.05, 4.69) is 9.97 Å². The van der Waals surface area contributed by atoms with E-state index in [1.807, 2.05) is 0 Å². The Kier molecular flexibility index (Phi) is 3.24. The number of hydrogen-bond acceptors (Lipinski definition) is 7. The van der Waals surface area contributed by atoms with Crippen molar-refractivity contribution in [1.29, 1.82) is 0 Å². The van der Waals surface area contributed by atoms with Gasteiger partial charge in [0.1, 0.15) is 23.9 Å². The zero-order valence-corrected chi connectivity index (χ0v) is 11.0. The topological polar surface area (TPSA) is 150 Å². The Hall–Kier alpha value is -2.23. The molecule has 1 amide bonds. The molecular weight excluding hydrogens is 278 g/mol. The SMILES string of the molecule is NC(=O)c1cn([C@H]2O[C@@H](CO)C[C@@H]2O)c2ncnc(N)c12. The van der Waals surface area contributed by atoms with Crippen molar-refractivity contribution in [3.8, 4) is 0 Å². The molecule has 2 aromatic heterocycles. The molecule has 112 valence electrons. The molecule has 1 aliphatic heterocycles. The molecule has 6 N–H and O–H groups in total. The second-order valence-electron chi connectivity index (χ2n) is 4.91. The number of nitrogens with zero attached hydrogens (tertiary/aromatic N) is 3. The predicted octanol–water partition coefficient (Wildman–Crippen LogP) is -1.25. The first-order valence-corrected chi connectivity index (χ1v) is 6.38. The number of nitrogen functional groups attached to an aromatic ring is 1. The minimum absolute atomic E-state index is 0.124. The van der Waals surface area contributed by atoms with Crippen LogP contribution in [0.5, 0.6) is 0 Å². The van der Waals surface area contributed by atoms with Gasteiger partial charge in [-0.25, -0.2) is 9.97 Å². The van der Waals surface area contributed by atoms with Crippen molar-refractivity contribution in [3.63, 3.8) is 0 Å². The molecule has 0 radical (unpaired) electrons. The van der Waals surface area contributed by atoms with Crippen molar-refractivity contribution in [1.82, 2.24) is 14.5 Å². The summed E-state index contributed by atoms with van der Waals surface area (Å²) >= 11 is 0. The van der Waals surface area contributed by atoms with Gasteiger partial charge in [-0.15, -0.1) is 0 Å². The molecule has 9 heteroatoms. The third-order valence-corrected chi connectivity index (χ3v) is 3.55. The quantitative estimate of drug-likeness (QED) is 0.552. The van der Waals surface area contributed by atoms with Crippen LogP contribution in [-0.4, -0.2) is 49.5 Å². The molecule has 0 bridgehead atoms. The molecular formula is C12H15N5O4. The number of carbonyl (C=O) groups excluding carboxylic acids is 1. The van der Waals surface area contributed by atoms with Gasteiger partial charge in [-0.2, -0.15) is 0 Å². The lowest BCUT2D eigenvalue weighted by Crippen LogP contribution is -2.19. The van der Waals surface area contributed by atoms with E-state index < -0.39 is 24.3 Å². The van der Waals surface area contributed by atoms with Crippen molar-refractivity contribution in [2.75, 3.05) is 12.3 Å². The average Bonchev–Trinajstić information content (AvgIpc) is 3.00. The fourth-order valence-corrected chi connectivity index (χ4v) is 2.59. The lowest BCUT2D eigenvalue weighted by atomic mass is 10.2. The molecule has 0 spiro atoms. The summed E-state index contributed by atoms with van der Waals surface area (Å²) in [4.78, 5) is 19.5. The van der Waals surface area contributed by atoms with Crippen LogP contribution in [-0.2, 0) is 4.74 Å². The van der Waals surface area contributed by atoms with Crippen LogP contribution in [0.2, 0.25) is 0 Å². The maximum absolute atomic E-state index is 11.6. The van der Waals surface area contributed by atoms with Crippen LogP contribution >= 0.6 is 0 Å². The molecule has 0 saturated carbocycles. The largest absolute Gasteiger partial charge is 0.394 e. The van der Waals surface area contributed by atoms with Gasteiger partial charge < -0.3 is 31.0 Å². The Morgan fingerprint density at radius 1 is 1.52 bits per heavy atom. The van der Waals surface area contributed by atoms with E-state index in [-0.39, 0.29) is 24.4 Å². The zero-order chi connectivity index (χ0) is 15.1. The van der Waals surface area contributed by atoms with E-state index in [0.717, 1.165) is 0 Å². The maximum Gasteiger partial charge on any atom is 0.251 e. The maximum atomic E-state index is 11.6. The Morgan fingerprint density at radius 3 is 2.90 bits per heavy atom. The molecule has 0 aromatic carbocycles. The summed E-state index contributed by atoms with van der Waals surface area (Å²) in [6, 6.07) is 0. The van der Waals surface area contributed by atoms with Crippen molar-refractivity contribution in [2.45, 2.75) is 24.9 Å². The first-order valence-electron chi connectivity index (χ1n) is 6.38. The summed E-state index contributed by atoms with van der Waals surface area (Å²) in [5, 5.41) is 19.5. The second kappa shape index (κ2) is 4.95. The number of anilines is 1. The van der Waals surface area contributed by atoms with Crippen molar-refractivity contribution < 1.29 is 19.7 Å². The monoisotopic (exact) mass is 293 g/mol. The van der Waals surface area contributed by atoms with Crippen LogP contribution in [0.3, 0.4) is 0 Å². The molecule has 1 fully saturated rings. The minimum Gasteiger partial charge on any atom is -0.394 e. The molecule has 1 aliphatic rings. The van der Waals surface area contributed by atoms with Gasteiger partial charge in [0.05, 0.1) is 23.7 Å². The standard InChI is InChI=1S/C12H15N5O4/c13-9-8-6(10(14)20)2-17(11(8)16-4-15-9)12-7(19)1-5(3-18)21-12/h2,4-5,7,12,18-19H,1,3H2,(H2,14,20)(H2,13,15,16)/t5-,7+,12+/m1/s1. The Balaban J connectivity index is 2.16. The number of amides is 1. The number of hydrogen-bond donors (Lipinski definition) is 4. The Bertz CT molecular complexity index is 700. The highest BCUT2D eigenvalue weighted by Crippen LogP contribution is 2.33. The summed E-state index contributed by atoms with van der Waals surface area (Å²) in [5.74, 6) is -0.551. The Labute approximate surface area is 119 Å². The highest BCUT2D eigenvalue weighted by molar-refractivity contribution is 6.08. The van der Waals surface area contributed by atoms with E-state index in [1.165, 1.54) is 17.1 Å². The lowest BCUT2D eigenvalue weighted by Gasteiger charge is -2.17. The van der Waals surface area contributed by atoms with Crippen LogP contribution in [0.25, 0.3) is 11.0 Å². The van der Waals surface area contributed by atoms with Gasteiger partial charge in [0.2, 0.25) is 0 Å². The van der Waals surface area contributed by atoms with Crippen LogP contribution in [0, 0.1) is 0 Å². The number of aliphatic hydroxyl groups is 2. The van der Waals surface area contributed by atoms with Crippen molar-refractivity contribution in [2.24, 2.45) is 5.73 Å². The molecule has 21 heavy (non-hydrogen) atoms. The van der Waals surface area contributed by atoms with Crippen LogP contribution in [0.4, 0.5) is 5.82 Å². The molecule has 1 saturated heterocycles. The molecule has 0 aliphatic carbocycles. The number of aromatic nitrogens is 3. The summed E-state index contributed by atoms with van der Waals surface area (Å²) in [6.45, 7) is -0.202. The molecule has 3 rings (SSSR count). The third kappa shape index (κ3) is 2.11. The van der Waals surface area contributed by atoms with E-state index in [4.69, 9.17) is 21.3 Å². The molecule has 3 atom stereocenters. The predicted molar refractivity (Wildman–Crippen MR) is 72.1 cm³/mol. The van der Waals surface area contributed by atoms with E-state index >= 15 is 0 Å². The third-order valence-electron chi connectivity index (χ3n) is 3.55. The van der Waals surface area contributed by atoms with E-state index in [0.29, 0.717) is 11.0 Å². The first kappa shape index (κ1) is 13.7. The highest BCUT2D eigenvalue weighted by atomic mass is 16.5. The molecule has 2 aromatic rings. The number of carbonyl (C=O) groups is 1. The summed E-state index contributed by atoms with van der Waals surface area (Å²) in [6.07, 6.45) is 0.892. The highest BCUT2D eigenvalue weighted by Gasteiger charge is 2.36. The van der Waals surface area contributed by atoms with Gasteiger partial charge in [0, 0.05) is 12.6 Å². The van der Waals surface area contributed by atoms with Crippen molar-refractivity contribution in [3.05, 3.63) is 18.1 Å². The minimum atomic E-state index is -0.838. The summed E-state index contributed by atoms with van der Waals surface area (Å²) in [7, 11) is 0. The normalized spacial score (nSPS) is 25.5. The fraction of sp³-hybridized carbons (Fsp3) is 0.417. The summed E-state index contributed by atoms with van der Waals surface area (Å²) < 4.78 is 7.05. The van der Waals surface area contributed by atoms with Crippen molar-refractivity contribution >= 4 is 22.8 Å². The van der Waals surface area contributed by atoms with Gasteiger partial charge in [-0.05, 0) is 0 Å². The number of nitrogens with two attached hydrogens (primary N) is 2. The molecule has 0 unspecified atom stereocenters. The number of fused-ring (bicyclic) bond motifs is 1. The summed E-state index contributed by atoms with van der Waals surface area (Å²) in [5.41, 5.74) is 11.6. The van der Waals surface area contributed by atoms with Gasteiger partial charge in [-0.3, -0.25) is 4.79 Å². The fourth-order valence-electron chi connectivity index (χ4n) is 2.59. The van der Waals surface area contributed by atoms with E-state index in [1.54, 1.807) is 0 Å². The smallest absolute Gasteiger partial charge is 0.251 e. The number of primary amides is 1. The van der Waals surface area contributed by atoms with Gasteiger partial charge in [0.15, 0.2) is 6.23 Å². The number of ether oxygens (including phenoxy) is 1. The van der Waals surface area contributed by atoms with E-state index in [9.17, 15) is 9.90 Å². The zero-order valence-electron chi connectivity index (χ0n) is 11.0. The Morgan fingerprint density at radius 2 is 2.29 bits per heavy atom.